The molecule has 4 N–H and O–H groups in total. The normalized spacial score (nSPS) is 15.0. The maximum absolute atomic E-state index is 12.8. The molecule has 1 heterocycles. The van der Waals surface area contributed by atoms with Crippen LogP contribution in [0.3, 0.4) is 0 Å². The van der Waals surface area contributed by atoms with Crippen LogP contribution in [0.2, 0.25) is 0 Å². The summed E-state index contributed by atoms with van der Waals surface area (Å²) in [6, 6.07) is 15.8. The molecule has 3 rings (SSSR count). The quantitative estimate of drug-likeness (QED) is 0.708. The van der Waals surface area contributed by atoms with Crippen LogP contribution in [0.5, 0.6) is 0 Å². The van der Waals surface area contributed by atoms with Crippen LogP contribution in [-0.2, 0) is 4.79 Å². The van der Waals surface area contributed by atoms with Gasteiger partial charge in [0.2, 0.25) is 5.91 Å². The molecule has 0 aromatic heterocycles. The third-order valence-electron chi connectivity index (χ3n) is 4.76. The van der Waals surface area contributed by atoms with Gasteiger partial charge in [-0.2, -0.15) is 0 Å². The van der Waals surface area contributed by atoms with Crippen molar-refractivity contribution >= 4 is 23.4 Å². The number of hydrogen-bond donors (Lipinski definition) is 3. The zero-order valence-electron chi connectivity index (χ0n) is 15.6. The summed E-state index contributed by atoms with van der Waals surface area (Å²) in [4.78, 5) is 38.2. The topological polar surface area (TPSA) is 105 Å². The summed E-state index contributed by atoms with van der Waals surface area (Å²) in [5, 5.41) is 5.84. The van der Waals surface area contributed by atoms with Crippen LogP contribution >= 0.6 is 0 Å². The number of nitrogens with zero attached hydrogens (tertiary/aromatic N) is 1. The standard InChI is InChI=1S/C21H24N4O3/c22-19(26)14-25-12-10-16(11-13-25)23-21(28)17-8-4-5-9-18(17)24-20(27)15-6-2-1-3-7-15/h1-9,16H,10-14H2,(H2,22,26)(H,23,28)(H,24,27). The zero-order valence-corrected chi connectivity index (χ0v) is 15.6. The smallest absolute Gasteiger partial charge is 0.255 e. The highest BCUT2D eigenvalue weighted by atomic mass is 16.2. The summed E-state index contributed by atoms with van der Waals surface area (Å²) in [6.45, 7) is 1.66. The molecular weight excluding hydrogens is 356 g/mol. The first-order valence-corrected chi connectivity index (χ1v) is 9.30. The van der Waals surface area contributed by atoms with Gasteiger partial charge in [-0.25, -0.2) is 0 Å². The number of carbonyl (C=O) groups excluding carboxylic acids is 3. The van der Waals surface area contributed by atoms with E-state index in [4.69, 9.17) is 5.73 Å². The van der Waals surface area contributed by atoms with Gasteiger partial charge in [-0.15, -0.1) is 0 Å². The SMILES string of the molecule is NC(=O)CN1CCC(NC(=O)c2ccccc2NC(=O)c2ccccc2)CC1. The second-order valence-corrected chi connectivity index (χ2v) is 6.86. The van der Waals surface area contributed by atoms with E-state index in [1.807, 2.05) is 11.0 Å². The first kappa shape index (κ1) is 19.6. The summed E-state index contributed by atoms with van der Waals surface area (Å²) >= 11 is 0. The Bertz CT molecular complexity index is 846. The molecule has 0 bridgehead atoms. The maximum atomic E-state index is 12.8. The van der Waals surface area contributed by atoms with Gasteiger partial charge in [0.15, 0.2) is 0 Å². The third-order valence-corrected chi connectivity index (χ3v) is 4.76. The molecule has 0 spiro atoms. The van der Waals surface area contributed by atoms with Gasteiger partial charge in [-0.3, -0.25) is 19.3 Å². The molecular formula is C21H24N4O3. The fraction of sp³-hybridized carbons (Fsp3) is 0.286. The minimum absolute atomic E-state index is 0.0227. The van der Waals surface area contributed by atoms with E-state index >= 15 is 0 Å². The largest absolute Gasteiger partial charge is 0.369 e. The number of hydrogen-bond acceptors (Lipinski definition) is 4. The van der Waals surface area contributed by atoms with E-state index in [0.717, 1.165) is 12.8 Å². The minimum atomic E-state index is -0.342. The maximum Gasteiger partial charge on any atom is 0.255 e. The molecule has 2 aromatic rings. The first-order valence-electron chi connectivity index (χ1n) is 9.30. The number of rotatable bonds is 6. The summed E-state index contributed by atoms with van der Waals surface area (Å²) in [7, 11) is 0. The van der Waals surface area contributed by atoms with Crippen LogP contribution in [0.4, 0.5) is 5.69 Å². The van der Waals surface area contributed by atoms with Crippen molar-refractivity contribution in [3.05, 3.63) is 65.7 Å². The van der Waals surface area contributed by atoms with Gasteiger partial charge >= 0.3 is 0 Å². The molecule has 28 heavy (non-hydrogen) atoms. The summed E-state index contributed by atoms with van der Waals surface area (Å²) in [5.41, 5.74) is 6.65. The monoisotopic (exact) mass is 380 g/mol. The molecule has 0 aliphatic carbocycles. The molecule has 1 fully saturated rings. The molecule has 0 unspecified atom stereocenters. The number of primary amides is 1. The van der Waals surface area contributed by atoms with E-state index in [1.54, 1.807) is 48.5 Å². The number of nitrogens with one attached hydrogen (secondary N) is 2. The summed E-state index contributed by atoms with van der Waals surface area (Å²) < 4.78 is 0. The zero-order chi connectivity index (χ0) is 19.9. The first-order chi connectivity index (χ1) is 13.5. The predicted molar refractivity (Wildman–Crippen MR) is 107 cm³/mol. The number of carbonyl (C=O) groups is 3. The molecule has 0 atom stereocenters. The molecule has 0 radical (unpaired) electrons. The number of anilines is 1. The average molecular weight is 380 g/mol. The van der Waals surface area contributed by atoms with Gasteiger partial charge in [0.05, 0.1) is 17.8 Å². The summed E-state index contributed by atoms with van der Waals surface area (Å²) in [6.07, 6.45) is 1.50. The Kier molecular flexibility index (Phi) is 6.39. The van der Waals surface area contributed by atoms with Gasteiger partial charge in [0.25, 0.3) is 11.8 Å². The Balaban J connectivity index is 1.62. The molecule has 1 aliphatic heterocycles. The molecule has 0 saturated carbocycles. The van der Waals surface area contributed by atoms with E-state index < -0.39 is 0 Å². The van der Waals surface area contributed by atoms with Crippen LogP contribution in [0.15, 0.2) is 54.6 Å². The van der Waals surface area contributed by atoms with Crippen molar-refractivity contribution in [1.29, 1.82) is 0 Å². The van der Waals surface area contributed by atoms with Crippen molar-refractivity contribution in [1.82, 2.24) is 10.2 Å². The molecule has 1 saturated heterocycles. The molecule has 146 valence electrons. The highest BCUT2D eigenvalue weighted by molar-refractivity contribution is 6.09. The van der Waals surface area contributed by atoms with Crippen molar-refractivity contribution in [2.45, 2.75) is 18.9 Å². The summed E-state index contributed by atoms with van der Waals surface area (Å²) in [5.74, 6) is -0.830. The Labute approximate surface area is 163 Å². The number of amides is 3. The van der Waals surface area contributed by atoms with Crippen molar-refractivity contribution in [2.75, 3.05) is 25.0 Å². The highest BCUT2D eigenvalue weighted by Crippen LogP contribution is 2.18. The van der Waals surface area contributed by atoms with Gasteiger partial charge < -0.3 is 16.4 Å². The lowest BCUT2D eigenvalue weighted by Gasteiger charge is -2.31. The van der Waals surface area contributed by atoms with E-state index in [2.05, 4.69) is 10.6 Å². The molecule has 3 amide bonds. The number of para-hydroxylation sites is 1. The average Bonchev–Trinajstić information content (AvgIpc) is 2.70. The fourth-order valence-corrected chi connectivity index (χ4v) is 3.29. The second-order valence-electron chi connectivity index (χ2n) is 6.86. The van der Waals surface area contributed by atoms with E-state index in [-0.39, 0.29) is 30.3 Å². The van der Waals surface area contributed by atoms with Crippen LogP contribution < -0.4 is 16.4 Å². The fourth-order valence-electron chi connectivity index (χ4n) is 3.29. The number of benzene rings is 2. The van der Waals surface area contributed by atoms with E-state index in [0.29, 0.717) is 29.9 Å². The van der Waals surface area contributed by atoms with Crippen LogP contribution in [-0.4, -0.2) is 48.3 Å². The van der Waals surface area contributed by atoms with Crippen molar-refractivity contribution in [3.63, 3.8) is 0 Å². The Hall–Kier alpha value is -3.19. The molecule has 2 aromatic carbocycles. The molecule has 1 aliphatic rings. The lowest BCUT2D eigenvalue weighted by Crippen LogP contribution is -2.46. The number of likely N-dealkylation sites (tertiary alicyclic amines) is 1. The number of nitrogens with two attached hydrogens (primary N) is 1. The lowest BCUT2D eigenvalue weighted by atomic mass is 10.0. The Morgan fingerprint density at radius 3 is 2.25 bits per heavy atom. The predicted octanol–water partition coefficient (Wildman–Crippen LogP) is 1.62. The van der Waals surface area contributed by atoms with Crippen LogP contribution in [0, 0.1) is 0 Å². The van der Waals surface area contributed by atoms with Gasteiger partial charge in [0, 0.05) is 24.7 Å². The Morgan fingerprint density at radius 2 is 1.57 bits per heavy atom. The van der Waals surface area contributed by atoms with E-state index in [9.17, 15) is 14.4 Å². The van der Waals surface area contributed by atoms with E-state index in [1.165, 1.54) is 0 Å². The van der Waals surface area contributed by atoms with Gasteiger partial charge in [-0.1, -0.05) is 30.3 Å². The second kappa shape index (κ2) is 9.14. The van der Waals surface area contributed by atoms with Crippen LogP contribution in [0.1, 0.15) is 33.6 Å². The number of piperidine rings is 1. The van der Waals surface area contributed by atoms with Gasteiger partial charge in [-0.05, 0) is 37.1 Å². The third kappa shape index (κ3) is 5.17. The Morgan fingerprint density at radius 1 is 0.929 bits per heavy atom. The van der Waals surface area contributed by atoms with Gasteiger partial charge in [0.1, 0.15) is 0 Å². The van der Waals surface area contributed by atoms with Crippen molar-refractivity contribution in [2.24, 2.45) is 5.73 Å². The molecule has 7 nitrogen and oxygen atoms in total. The minimum Gasteiger partial charge on any atom is -0.369 e. The highest BCUT2D eigenvalue weighted by Gasteiger charge is 2.23. The molecule has 7 heteroatoms. The van der Waals surface area contributed by atoms with Crippen molar-refractivity contribution in [3.8, 4) is 0 Å². The lowest BCUT2D eigenvalue weighted by molar-refractivity contribution is -0.119. The van der Waals surface area contributed by atoms with Crippen molar-refractivity contribution < 1.29 is 14.4 Å². The van der Waals surface area contributed by atoms with Crippen LogP contribution in [0.25, 0.3) is 0 Å².